The fourth-order valence-electron chi connectivity index (χ4n) is 1.12. The van der Waals surface area contributed by atoms with E-state index in [1.807, 2.05) is 20.8 Å². The minimum atomic E-state index is -0.226. The minimum absolute atomic E-state index is 0.226. The maximum atomic E-state index is 5.74. The molecule has 0 fully saturated rings. The summed E-state index contributed by atoms with van der Waals surface area (Å²) >= 11 is 0. The zero-order valence-electron chi connectivity index (χ0n) is 10.3. The van der Waals surface area contributed by atoms with Crippen LogP contribution in [-0.4, -0.2) is 12.2 Å². The molecule has 0 spiro atoms. The summed E-state index contributed by atoms with van der Waals surface area (Å²) < 4.78 is 11.2. The van der Waals surface area contributed by atoms with Gasteiger partial charge in [-0.3, -0.25) is 0 Å². The smallest absolute Gasteiger partial charge is 0.161 e. The lowest BCUT2D eigenvalue weighted by Gasteiger charge is -2.34. The second-order valence-electron chi connectivity index (χ2n) is 3.33. The summed E-state index contributed by atoms with van der Waals surface area (Å²) in [5.74, 6) is 1.37. The summed E-state index contributed by atoms with van der Waals surface area (Å²) in [6.45, 7) is 16.0. The van der Waals surface area contributed by atoms with Crippen LogP contribution in [-0.2, 0) is 9.47 Å². The van der Waals surface area contributed by atoms with Crippen molar-refractivity contribution in [1.29, 1.82) is 0 Å². The molecule has 0 amide bonds. The highest BCUT2D eigenvalue weighted by Crippen LogP contribution is 2.28. The lowest BCUT2D eigenvalue weighted by Crippen LogP contribution is -2.36. The number of allylic oxidation sites excluding steroid dienone is 2. The number of hydrogen-bond acceptors (Lipinski definition) is 2. The van der Waals surface area contributed by atoms with Gasteiger partial charge in [-0.05, 0) is 25.5 Å². The molecule has 0 bridgehead atoms. The van der Waals surface area contributed by atoms with Crippen molar-refractivity contribution >= 4 is 0 Å². The summed E-state index contributed by atoms with van der Waals surface area (Å²) in [6, 6.07) is 0. The van der Waals surface area contributed by atoms with Gasteiger partial charge in [-0.25, -0.2) is 0 Å². The molecule has 1 rings (SSSR count). The highest BCUT2D eigenvalue weighted by Gasteiger charge is 2.30. The summed E-state index contributed by atoms with van der Waals surface area (Å²) in [5, 5.41) is 0. The standard InChI is InChI=1S/C11H16O2.C2H6/c1-5-9-10(6-2)13-11(4,7-3)8-12-9;1-2/h5-6H,1-2,7-8H2,3-4H3;1-2H3. The van der Waals surface area contributed by atoms with E-state index in [9.17, 15) is 0 Å². The Morgan fingerprint density at radius 2 is 1.80 bits per heavy atom. The van der Waals surface area contributed by atoms with Crippen molar-refractivity contribution in [1.82, 2.24) is 0 Å². The molecular weight excluding hydrogens is 188 g/mol. The van der Waals surface area contributed by atoms with Crippen molar-refractivity contribution in [3.05, 3.63) is 36.8 Å². The molecular formula is C13H22O2. The number of hydrogen-bond donors (Lipinski definition) is 0. The lowest BCUT2D eigenvalue weighted by atomic mass is 10.0. The van der Waals surface area contributed by atoms with Crippen molar-refractivity contribution in [3.8, 4) is 0 Å². The zero-order valence-corrected chi connectivity index (χ0v) is 10.3. The van der Waals surface area contributed by atoms with Crippen molar-refractivity contribution in [2.24, 2.45) is 0 Å². The highest BCUT2D eigenvalue weighted by atomic mass is 16.6. The summed E-state index contributed by atoms with van der Waals surface area (Å²) in [7, 11) is 0. The van der Waals surface area contributed by atoms with Crippen molar-refractivity contribution in [2.75, 3.05) is 6.61 Å². The molecule has 1 aliphatic heterocycles. The van der Waals surface area contributed by atoms with E-state index in [2.05, 4.69) is 20.1 Å². The van der Waals surface area contributed by atoms with Gasteiger partial charge in [0.2, 0.25) is 0 Å². The van der Waals surface area contributed by atoms with Crippen LogP contribution in [0.1, 0.15) is 34.1 Å². The first-order valence-electron chi connectivity index (χ1n) is 5.46. The largest absolute Gasteiger partial charge is 0.486 e. The first-order chi connectivity index (χ1) is 7.15. The molecule has 0 aromatic rings. The van der Waals surface area contributed by atoms with Gasteiger partial charge in [-0.1, -0.05) is 33.9 Å². The van der Waals surface area contributed by atoms with Gasteiger partial charge < -0.3 is 9.47 Å². The quantitative estimate of drug-likeness (QED) is 0.705. The van der Waals surface area contributed by atoms with Gasteiger partial charge >= 0.3 is 0 Å². The van der Waals surface area contributed by atoms with Gasteiger partial charge in [0.15, 0.2) is 11.5 Å². The Morgan fingerprint density at radius 3 is 2.20 bits per heavy atom. The van der Waals surface area contributed by atoms with Gasteiger partial charge in [-0.15, -0.1) is 0 Å². The fourth-order valence-corrected chi connectivity index (χ4v) is 1.12. The molecule has 86 valence electrons. The van der Waals surface area contributed by atoms with E-state index in [1.54, 1.807) is 12.2 Å². The SMILES string of the molecule is C=CC1=C(C=C)OC(C)(CC)CO1.CC. The molecule has 0 radical (unpaired) electrons. The topological polar surface area (TPSA) is 18.5 Å². The van der Waals surface area contributed by atoms with Crippen LogP contribution in [0.2, 0.25) is 0 Å². The third kappa shape index (κ3) is 3.46. The van der Waals surface area contributed by atoms with E-state index in [4.69, 9.17) is 9.47 Å². The monoisotopic (exact) mass is 210 g/mol. The van der Waals surface area contributed by atoms with Gasteiger partial charge in [-0.2, -0.15) is 0 Å². The predicted octanol–water partition coefficient (Wildman–Crippen LogP) is 3.81. The van der Waals surface area contributed by atoms with Crippen molar-refractivity contribution in [2.45, 2.75) is 39.7 Å². The molecule has 1 heterocycles. The van der Waals surface area contributed by atoms with E-state index in [0.717, 1.165) is 6.42 Å². The average molecular weight is 210 g/mol. The third-order valence-electron chi connectivity index (χ3n) is 2.25. The number of ether oxygens (including phenoxy) is 2. The molecule has 1 unspecified atom stereocenters. The third-order valence-corrected chi connectivity index (χ3v) is 2.25. The maximum Gasteiger partial charge on any atom is 0.161 e. The Bertz CT molecular complexity index is 253. The molecule has 0 N–H and O–H groups in total. The Morgan fingerprint density at radius 1 is 1.27 bits per heavy atom. The Hall–Kier alpha value is -1.18. The molecule has 0 aromatic heterocycles. The Kier molecular flexibility index (Phi) is 5.83. The van der Waals surface area contributed by atoms with E-state index < -0.39 is 0 Å². The first kappa shape index (κ1) is 13.8. The van der Waals surface area contributed by atoms with Crippen LogP contribution in [0, 0.1) is 0 Å². The molecule has 2 nitrogen and oxygen atoms in total. The molecule has 0 saturated carbocycles. The summed E-state index contributed by atoms with van der Waals surface area (Å²) in [4.78, 5) is 0. The molecule has 0 aromatic carbocycles. The second kappa shape index (κ2) is 6.33. The molecule has 1 atom stereocenters. The molecule has 0 saturated heterocycles. The molecule has 0 aliphatic carbocycles. The van der Waals surface area contributed by atoms with E-state index in [0.29, 0.717) is 18.1 Å². The highest BCUT2D eigenvalue weighted by molar-refractivity contribution is 5.24. The van der Waals surface area contributed by atoms with Crippen molar-refractivity contribution in [3.63, 3.8) is 0 Å². The Labute approximate surface area is 93.3 Å². The van der Waals surface area contributed by atoms with Gasteiger partial charge in [0, 0.05) is 0 Å². The van der Waals surface area contributed by atoms with Crippen LogP contribution in [0.5, 0.6) is 0 Å². The second-order valence-corrected chi connectivity index (χ2v) is 3.33. The number of rotatable bonds is 3. The molecule has 15 heavy (non-hydrogen) atoms. The lowest BCUT2D eigenvalue weighted by molar-refractivity contribution is -0.0676. The van der Waals surface area contributed by atoms with Gasteiger partial charge in [0.25, 0.3) is 0 Å². The van der Waals surface area contributed by atoms with Crippen LogP contribution in [0.25, 0.3) is 0 Å². The van der Waals surface area contributed by atoms with Gasteiger partial charge in [0.1, 0.15) is 12.2 Å². The predicted molar refractivity (Wildman–Crippen MR) is 64.5 cm³/mol. The molecule has 1 aliphatic rings. The van der Waals surface area contributed by atoms with Crippen LogP contribution in [0.4, 0.5) is 0 Å². The first-order valence-corrected chi connectivity index (χ1v) is 5.46. The van der Waals surface area contributed by atoms with Crippen molar-refractivity contribution < 1.29 is 9.47 Å². The Balaban J connectivity index is 0.000000921. The minimum Gasteiger partial charge on any atom is -0.486 e. The van der Waals surface area contributed by atoms with E-state index in [1.165, 1.54) is 0 Å². The van der Waals surface area contributed by atoms with Gasteiger partial charge in [0.05, 0.1) is 0 Å². The zero-order chi connectivity index (χ0) is 11.9. The van der Waals surface area contributed by atoms with Crippen LogP contribution in [0.15, 0.2) is 36.8 Å². The van der Waals surface area contributed by atoms with E-state index in [-0.39, 0.29) is 5.60 Å². The maximum absolute atomic E-state index is 5.74. The normalized spacial score (nSPS) is 24.3. The average Bonchev–Trinajstić information content (AvgIpc) is 2.31. The molecule has 2 heteroatoms. The summed E-state index contributed by atoms with van der Waals surface area (Å²) in [6.07, 6.45) is 4.21. The van der Waals surface area contributed by atoms with Crippen LogP contribution in [0.3, 0.4) is 0 Å². The van der Waals surface area contributed by atoms with E-state index >= 15 is 0 Å². The summed E-state index contributed by atoms with van der Waals surface area (Å²) in [5.41, 5.74) is -0.226. The van der Waals surface area contributed by atoms with Crippen LogP contribution < -0.4 is 0 Å². The fraction of sp³-hybridized carbons (Fsp3) is 0.538. The van der Waals surface area contributed by atoms with Crippen LogP contribution >= 0.6 is 0 Å².